The Hall–Kier alpha value is -1.18. The van der Waals surface area contributed by atoms with E-state index in [4.69, 9.17) is 21.5 Å². The lowest BCUT2D eigenvalue weighted by molar-refractivity contribution is 0.0485. The van der Waals surface area contributed by atoms with E-state index in [1.807, 2.05) is 0 Å². The monoisotopic (exact) mass is 307 g/mol. The van der Waals surface area contributed by atoms with Crippen molar-refractivity contribution >= 4 is 27.6 Å². The minimum Gasteiger partial charge on any atom is -0.462 e. The topological polar surface area (TPSA) is 86.5 Å². The van der Waals surface area contributed by atoms with E-state index in [1.165, 1.54) is 0 Å². The van der Waals surface area contributed by atoms with Crippen LogP contribution < -0.4 is 5.14 Å². The van der Waals surface area contributed by atoms with Crippen LogP contribution in [0, 0.1) is 11.7 Å². The Balaban J connectivity index is 2.31. The highest BCUT2D eigenvalue weighted by Crippen LogP contribution is 2.30. The van der Waals surface area contributed by atoms with Crippen LogP contribution in [0.2, 0.25) is 5.02 Å². The molecule has 1 fully saturated rings. The zero-order chi connectivity index (χ0) is 14.2. The summed E-state index contributed by atoms with van der Waals surface area (Å²) in [6, 6.07) is 1.57. The maximum Gasteiger partial charge on any atom is 0.339 e. The van der Waals surface area contributed by atoms with Crippen molar-refractivity contribution in [2.24, 2.45) is 11.1 Å². The van der Waals surface area contributed by atoms with E-state index in [-0.39, 0.29) is 12.2 Å². The molecule has 0 radical (unpaired) electrons. The first-order valence-corrected chi connectivity index (χ1v) is 7.40. The Bertz CT molecular complexity index is 628. The average molecular weight is 308 g/mol. The summed E-state index contributed by atoms with van der Waals surface area (Å²) in [6.45, 7) is 0.219. The molecule has 1 aliphatic rings. The second-order valence-corrected chi connectivity index (χ2v) is 6.29. The minimum absolute atomic E-state index is 0.219. The van der Waals surface area contributed by atoms with E-state index in [1.54, 1.807) is 0 Å². The van der Waals surface area contributed by atoms with Gasteiger partial charge in [-0.1, -0.05) is 11.6 Å². The maximum atomic E-state index is 13.5. The smallest absolute Gasteiger partial charge is 0.339 e. The number of carbonyl (C=O) groups is 1. The lowest BCUT2D eigenvalue weighted by Crippen LogP contribution is -2.15. The van der Waals surface area contributed by atoms with Gasteiger partial charge in [0.05, 0.1) is 22.1 Å². The third-order valence-corrected chi connectivity index (χ3v) is 3.97. The van der Waals surface area contributed by atoms with Gasteiger partial charge in [-0.15, -0.1) is 0 Å². The van der Waals surface area contributed by atoms with E-state index in [0.29, 0.717) is 12.0 Å². The molecule has 0 bridgehead atoms. The van der Waals surface area contributed by atoms with Crippen LogP contribution in [0.25, 0.3) is 0 Å². The number of nitrogens with two attached hydrogens (primary N) is 1. The predicted octanol–water partition coefficient (Wildman–Crippen LogP) is 1.69. The van der Waals surface area contributed by atoms with Crippen LogP contribution in [0.3, 0.4) is 0 Å². The highest BCUT2D eigenvalue weighted by molar-refractivity contribution is 7.89. The van der Waals surface area contributed by atoms with Gasteiger partial charge in [-0.05, 0) is 30.9 Å². The summed E-state index contributed by atoms with van der Waals surface area (Å²) in [5, 5.41) is 4.41. The molecule has 104 valence electrons. The van der Waals surface area contributed by atoms with Gasteiger partial charge in [-0.2, -0.15) is 0 Å². The summed E-state index contributed by atoms with van der Waals surface area (Å²) < 4.78 is 40.7. The van der Waals surface area contributed by atoms with Crippen molar-refractivity contribution in [3.05, 3.63) is 28.5 Å². The SMILES string of the molecule is NS(=O)(=O)c1cc(F)c(Cl)c(C(=O)OCC2CC2)c1. The molecule has 1 saturated carbocycles. The molecular formula is C11H11ClFNO4S. The molecule has 2 N–H and O–H groups in total. The predicted molar refractivity (Wildman–Crippen MR) is 65.8 cm³/mol. The third kappa shape index (κ3) is 3.43. The number of benzene rings is 1. The number of primary sulfonamides is 1. The fourth-order valence-electron chi connectivity index (χ4n) is 1.43. The number of halogens is 2. The van der Waals surface area contributed by atoms with Gasteiger partial charge in [-0.25, -0.2) is 22.7 Å². The van der Waals surface area contributed by atoms with Crippen LogP contribution in [-0.2, 0) is 14.8 Å². The number of esters is 1. The quantitative estimate of drug-likeness (QED) is 0.858. The number of carbonyl (C=O) groups excluding carboxylic acids is 1. The zero-order valence-corrected chi connectivity index (χ0v) is 11.3. The molecular weight excluding hydrogens is 297 g/mol. The zero-order valence-electron chi connectivity index (χ0n) is 9.73. The molecule has 5 nitrogen and oxygen atoms in total. The van der Waals surface area contributed by atoms with Gasteiger partial charge in [0.2, 0.25) is 10.0 Å². The largest absolute Gasteiger partial charge is 0.462 e. The molecule has 0 heterocycles. The molecule has 0 aliphatic heterocycles. The molecule has 1 aliphatic carbocycles. The molecule has 0 unspecified atom stereocenters. The number of hydrogen-bond donors (Lipinski definition) is 1. The molecule has 8 heteroatoms. The number of hydrogen-bond acceptors (Lipinski definition) is 4. The molecule has 1 aromatic carbocycles. The first-order valence-electron chi connectivity index (χ1n) is 5.48. The molecule has 0 spiro atoms. The summed E-state index contributed by atoms with van der Waals surface area (Å²) in [7, 11) is -4.12. The van der Waals surface area contributed by atoms with Crippen molar-refractivity contribution in [3.63, 3.8) is 0 Å². The van der Waals surface area contributed by atoms with Gasteiger partial charge in [0.1, 0.15) is 5.82 Å². The fraction of sp³-hybridized carbons (Fsp3) is 0.364. The van der Waals surface area contributed by atoms with E-state index in [0.717, 1.165) is 18.9 Å². The van der Waals surface area contributed by atoms with Crippen molar-refractivity contribution < 1.29 is 22.3 Å². The molecule has 0 saturated heterocycles. The highest BCUT2D eigenvalue weighted by atomic mass is 35.5. The summed E-state index contributed by atoms with van der Waals surface area (Å²) in [4.78, 5) is 11.2. The van der Waals surface area contributed by atoms with E-state index in [9.17, 15) is 17.6 Å². The number of ether oxygens (including phenoxy) is 1. The number of rotatable bonds is 4. The van der Waals surface area contributed by atoms with E-state index >= 15 is 0 Å². The Morgan fingerprint density at radius 1 is 1.47 bits per heavy atom. The second kappa shape index (κ2) is 5.07. The second-order valence-electron chi connectivity index (χ2n) is 4.35. The van der Waals surface area contributed by atoms with Crippen molar-refractivity contribution in [2.75, 3.05) is 6.61 Å². The summed E-state index contributed by atoms with van der Waals surface area (Å²) in [5.41, 5.74) is -0.341. The van der Waals surface area contributed by atoms with Crippen LogP contribution in [0.1, 0.15) is 23.2 Å². The van der Waals surface area contributed by atoms with E-state index in [2.05, 4.69) is 0 Å². The minimum atomic E-state index is -4.12. The maximum absolute atomic E-state index is 13.5. The molecule has 1 aromatic rings. The standard InChI is InChI=1S/C11H11ClFNO4S/c12-10-8(11(15)18-5-6-1-2-6)3-7(4-9(10)13)19(14,16)17/h3-4,6H,1-2,5H2,(H2,14,16,17). The van der Waals surface area contributed by atoms with Crippen LogP contribution in [-0.4, -0.2) is 21.0 Å². The normalized spacial score (nSPS) is 15.3. The van der Waals surface area contributed by atoms with Gasteiger partial charge in [0, 0.05) is 0 Å². The Morgan fingerprint density at radius 2 is 2.11 bits per heavy atom. The van der Waals surface area contributed by atoms with Gasteiger partial charge >= 0.3 is 5.97 Å². The summed E-state index contributed by atoms with van der Waals surface area (Å²) >= 11 is 5.63. The highest BCUT2D eigenvalue weighted by Gasteiger charge is 2.25. The Labute approximate surface area is 114 Å². The molecule has 0 atom stereocenters. The third-order valence-electron chi connectivity index (χ3n) is 2.70. The van der Waals surface area contributed by atoms with Gasteiger partial charge in [0.25, 0.3) is 0 Å². The van der Waals surface area contributed by atoms with Crippen molar-refractivity contribution in [2.45, 2.75) is 17.7 Å². The summed E-state index contributed by atoms with van der Waals surface area (Å²) in [6.07, 6.45) is 1.96. The molecule has 19 heavy (non-hydrogen) atoms. The fourth-order valence-corrected chi connectivity index (χ4v) is 2.17. The van der Waals surface area contributed by atoms with Crippen LogP contribution in [0.5, 0.6) is 0 Å². The Kier molecular flexibility index (Phi) is 3.80. The van der Waals surface area contributed by atoms with Gasteiger partial charge < -0.3 is 4.74 Å². The van der Waals surface area contributed by atoms with E-state index < -0.39 is 31.7 Å². The van der Waals surface area contributed by atoms with Crippen LogP contribution >= 0.6 is 11.6 Å². The average Bonchev–Trinajstić information content (AvgIpc) is 3.11. The lowest BCUT2D eigenvalue weighted by Gasteiger charge is -2.08. The van der Waals surface area contributed by atoms with Crippen molar-refractivity contribution in [3.8, 4) is 0 Å². The molecule has 2 rings (SSSR count). The van der Waals surface area contributed by atoms with Gasteiger partial charge in [0.15, 0.2) is 0 Å². The lowest BCUT2D eigenvalue weighted by atomic mass is 10.2. The first-order chi connectivity index (χ1) is 8.79. The number of sulfonamides is 1. The summed E-state index contributed by atoms with van der Waals surface area (Å²) in [5.74, 6) is -1.57. The van der Waals surface area contributed by atoms with Crippen molar-refractivity contribution in [1.82, 2.24) is 0 Å². The first kappa shape index (κ1) is 14.2. The van der Waals surface area contributed by atoms with Gasteiger partial charge in [-0.3, -0.25) is 0 Å². The molecule has 0 amide bonds. The molecule has 0 aromatic heterocycles. The van der Waals surface area contributed by atoms with Crippen LogP contribution in [0.15, 0.2) is 17.0 Å². The van der Waals surface area contributed by atoms with Crippen molar-refractivity contribution in [1.29, 1.82) is 0 Å². The van der Waals surface area contributed by atoms with Crippen LogP contribution in [0.4, 0.5) is 4.39 Å². The Morgan fingerprint density at radius 3 is 2.63 bits per heavy atom.